The van der Waals surface area contributed by atoms with E-state index in [1.54, 1.807) is 11.0 Å². The Morgan fingerprint density at radius 1 is 1.10 bits per heavy atom. The summed E-state index contributed by atoms with van der Waals surface area (Å²) in [5.74, 6) is -0.279. The number of rotatable bonds is 4. The number of carbonyl (C=O) groups is 3. The molecule has 0 spiro atoms. The topological polar surface area (TPSA) is 69.7 Å². The summed E-state index contributed by atoms with van der Waals surface area (Å²) in [6.07, 6.45) is 5.19. The number of benzene rings is 1. The van der Waals surface area contributed by atoms with Crippen LogP contribution < -0.4 is 5.32 Å². The second-order valence-electron chi connectivity index (χ2n) is 8.93. The minimum Gasteiger partial charge on any atom is -0.353 e. The van der Waals surface area contributed by atoms with Gasteiger partial charge in [-0.25, -0.2) is 0 Å². The molecule has 2 aliphatic heterocycles. The van der Waals surface area contributed by atoms with Gasteiger partial charge in [-0.15, -0.1) is 0 Å². The number of hydrogen-bond donors (Lipinski definition) is 1. The van der Waals surface area contributed by atoms with Crippen LogP contribution in [0.15, 0.2) is 36.4 Å². The zero-order chi connectivity index (χ0) is 21.0. The highest BCUT2D eigenvalue weighted by molar-refractivity contribution is 5.92. The van der Waals surface area contributed by atoms with Gasteiger partial charge in [0.05, 0.1) is 5.92 Å². The van der Waals surface area contributed by atoms with E-state index in [-0.39, 0.29) is 41.6 Å². The number of nitrogens with zero attached hydrogens (tertiary/aromatic N) is 2. The summed E-state index contributed by atoms with van der Waals surface area (Å²) >= 11 is 0. The average molecular weight is 398 g/mol. The lowest BCUT2D eigenvalue weighted by molar-refractivity contribution is -0.132. The second kappa shape index (κ2) is 8.80. The molecule has 6 nitrogen and oxygen atoms in total. The zero-order valence-electron chi connectivity index (χ0n) is 17.6. The first-order chi connectivity index (χ1) is 13.7. The number of hydrogen-bond acceptors (Lipinski definition) is 3. The second-order valence-corrected chi connectivity index (χ2v) is 8.93. The standard InChI is InChI=1S/C23H31N3O3/c1-23(2,3)26-16-18(15-21(26)28)22(29)24-19-11-13-25(14-12-19)20(27)10-9-17-7-5-4-6-8-17/h4-10,18-19H,11-16H2,1-3H3,(H,24,29)/b10-9+. The van der Waals surface area contributed by atoms with Gasteiger partial charge in [0.15, 0.2) is 0 Å². The van der Waals surface area contributed by atoms with Crippen LogP contribution in [0.1, 0.15) is 45.6 Å². The Balaban J connectivity index is 1.45. The molecule has 2 aliphatic rings. The molecule has 0 saturated carbocycles. The Kier molecular flexibility index (Phi) is 6.40. The van der Waals surface area contributed by atoms with Crippen molar-refractivity contribution in [3.63, 3.8) is 0 Å². The number of likely N-dealkylation sites (tertiary alicyclic amines) is 2. The van der Waals surface area contributed by atoms with Crippen molar-refractivity contribution in [2.45, 2.75) is 51.6 Å². The van der Waals surface area contributed by atoms with Crippen molar-refractivity contribution in [1.29, 1.82) is 0 Å². The van der Waals surface area contributed by atoms with Crippen molar-refractivity contribution in [1.82, 2.24) is 15.1 Å². The third-order valence-electron chi connectivity index (χ3n) is 5.68. The van der Waals surface area contributed by atoms with E-state index in [9.17, 15) is 14.4 Å². The van der Waals surface area contributed by atoms with E-state index in [2.05, 4.69) is 5.32 Å². The molecular weight excluding hydrogens is 366 g/mol. The lowest BCUT2D eigenvalue weighted by Crippen LogP contribution is -2.48. The molecule has 3 amide bonds. The number of piperidine rings is 1. The first kappa shape index (κ1) is 21.1. The summed E-state index contributed by atoms with van der Waals surface area (Å²) in [7, 11) is 0. The van der Waals surface area contributed by atoms with Crippen LogP contribution in [-0.2, 0) is 14.4 Å². The van der Waals surface area contributed by atoms with Crippen LogP contribution in [0.4, 0.5) is 0 Å². The molecule has 1 unspecified atom stereocenters. The maximum atomic E-state index is 12.6. The zero-order valence-corrected chi connectivity index (χ0v) is 17.6. The number of carbonyl (C=O) groups excluding carboxylic acids is 3. The molecular formula is C23H31N3O3. The Labute approximate surface area is 172 Å². The van der Waals surface area contributed by atoms with E-state index in [4.69, 9.17) is 0 Å². The van der Waals surface area contributed by atoms with Crippen LogP contribution in [0.2, 0.25) is 0 Å². The van der Waals surface area contributed by atoms with Crippen molar-refractivity contribution in [3.8, 4) is 0 Å². The van der Waals surface area contributed by atoms with Crippen molar-refractivity contribution < 1.29 is 14.4 Å². The molecule has 2 saturated heterocycles. The predicted molar refractivity (Wildman–Crippen MR) is 113 cm³/mol. The highest BCUT2D eigenvalue weighted by atomic mass is 16.2. The van der Waals surface area contributed by atoms with Crippen LogP contribution >= 0.6 is 0 Å². The minimum atomic E-state index is -0.282. The quantitative estimate of drug-likeness (QED) is 0.794. The Morgan fingerprint density at radius 2 is 1.76 bits per heavy atom. The summed E-state index contributed by atoms with van der Waals surface area (Å²) < 4.78 is 0. The third-order valence-corrected chi connectivity index (χ3v) is 5.68. The van der Waals surface area contributed by atoms with Gasteiger partial charge in [-0.2, -0.15) is 0 Å². The third kappa shape index (κ3) is 5.46. The Bertz CT molecular complexity index is 774. The van der Waals surface area contributed by atoms with Crippen molar-refractivity contribution >= 4 is 23.8 Å². The largest absolute Gasteiger partial charge is 0.353 e. The van der Waals surface area contributed by atoms with Crippen molar-refractivity contribution in [2.24, 2.45) is 5.92 Å². The maximum Gasteiger partial charge on any atom is 0.246 e. The summed E-state index contributed by atoms with van der Waals surface area (Å²) in [5, 5.41) is 3.10. The van der Waals surface area contributed by atoms with E-state index in [0.717, 1.165) is 18.4 Å². The van der Waals surface area contributed by atoms with Gasteiger partial charge in [-0.1, -0.05) is 30.3 Å². The molecule has 0 bridgehead atoms. The van der Waals surface area contributed by atoms with Gasteiger partial charge < -0.3 is 15.1 Å². The van der Waals surface area contributed by atoms with Gasteiger partial charge >= 0.3 is 0 Å². The van der Waals surface area contributed by atoms with Gasteiger partial charge in [0.25, 0.3) is 0 Å². The van der Waals surface area contributed by atoms with Crippen LogP contribution in [0.3, 0.4) is 0 Å². The maximum absolute atomic E-state index is 12.6. The molecule has 0 aliphatic carbocycles. The van der Waals surface area contributed by atoms with Crippen LogP contribution in [0.5, 0.6) is 0 Å². The summed E-state index contributed by atoms with van der Waals surface area (Å²) in [6, 6.07) is 9.80. The fourth-order valence-electron chi connectivity index (χ4n) is 3.93. The molecule has 1 N–H and O–H groups in total. The fourth-order valence-corrected chi connectivity index (χ4v) is 3.93. The van der Waals surface area contributed by atoms with Gasteiger partial charge in [0, 0.05) is 43.7 Å². The van der Waals surface area contributed by atoms with E-state index >= 15 is 0 Å². The highest BCUT2D eigenvalue weighted by Crippen LogP contribution is 2.26. The summed E-state index contributed by atoms with van der Waals surface area (Å²) in [5.41, 5.74) is 0.740. The SMILES string of the molecule is CC(C)(C)N1CC(C(=O)NC2CCN(C(=O)/C=C/c3ccccc3)CC2)CC1=O. The minimum absolute atomic E-state index is 0.000776. The molecule has 6 heteroatoms. The molecule has 3 rings (SSSR count). The monoisotopic (exact) mass is 397 g/mol. The normalized spacial score (nSPS) is 21.1. The fraction of sp³-hybridized carbons (Fsp3) is 0.522. The lowest BCUT2D eigenvalue weighted by Gasteiger charge is -2.33. The van der Waals surface area contributed by atoms with Crippen LogP contribution in [-0.4, -0.2) is 58.7 Å². The molecule has 1 aromatic carbocycles. The Morgan fingerprint density at radius 3 is 2.34 bits per heavy atom. The molecule has 29 heavy (non-hydrogen) atoms. The van der Waals surface area contributed by atoms with Gasteiger partial charge in [0.1, 0.15) is 0 Å². The first-order valence-corrected chi connectivity index (χ1v) is 10.4. The first-order valence-electron chi connectivity index (χ1n) is 10.4. The summed E-state index contributed by atoms with van der Waals surface area (Å²) in [4.78, 5) is 40.8. The van der Waals surface area contributed by atoms with E-state index in [1.165, 1.54) is 0 Å². The van der Waals surface area contributed by atoms with E-state index in [0.29, 0.717) is 19.6 Å². The molecule has 0 aromatic heterocycles. The van der Waals surface area contributed by atoms with Crippen LogP contribution in [0, 0.1) is 5.92 Å². The van der Waals surface area contributed by atoms with Crippen LogP contribution in [0.25, 0.3) is 6.08 Å². The smallest absolute Gasteiger partial charge is 0.246 e. The number of amides is 3. The average Bonchev–Trinajstić information content (AvgIpc) is 3.10. The summed E-state index contributed by atoms with van der Waals surface area (Å²) in [6.45, 7) is 7.70. The molecule has 2 fully saturated rings. The van der Waals surface area contributed by atoms with Crippen molar-refractivity contribution in [2.75, 3.05) is 19.6 Å². The Hall–Kier alpha value is -2.63. The van der Waals surface area contributed by atoms with Gasteiger partial charge in [-0.3, -0.25) is 14.4 Å². The molecule has 1 aromatic rings. The number of nitrogens with one attached hydrogen (secondary N) is 1. The van der Waals surface area contributed by atoms with Gasteiger partial charge in [0.2, 0.25) is 17.7 Å². The molecule has 156 valence electrons. The highest BCUT2D eigenvalue weighted by Gasteiger charge is 2.40. The van der Waals surface area contributed by atoms with E-state index in [1.807, 2.05) is 62.1 Å². The molecule has 2 heterocycles. The molecule has 1 atom stereocenters. The van der Waals surface area contributed by atoms with Gasteiger partial charge in [-0.05, 0) is 45.3 Å². The van der Waals surface area contributed by atoms with E-state index < -0.39 is 0 Å². The predicted octanol–water partition coefficient (Wildman–Crippen LogP) is 2.45. The van der Waals surface area contributed by atoms with Crippen molar-refractivity contribution in [3.05, 3.63) is 42.0 Å². The lowest BCUT2D eigenvalue weighted by atomic mass is 10.0. The molecule has 0 radical (unpaired) electrons.